The number of rotatable bonds is 9. The van der Waals surface area contributed by atoms with Gasteiger partial charge < -0.3 is 4.57 Å². The molecule has 0 fully saturated rings. The van der Waals surface area contributed by atoms with Crippen LogP contribution in [0, 0.1) is 24.0 Å². The first-order valence-electron chi connectivity index (χ1n) is 11.7. The largest absolute Gasteiger partial charge is 0.318 e. The molecular formula is C27H24BrN5O5S. The number of nitrogens with one attached hydrogen (secondary N) is 1. The minimum absolute atomic E-state index is 0.112. The van der Waals surface area contributed by atoms with E-state index in [2.05, 4.69) is 26.5 Å². The number of carbonyl (C=O) groups excluding carboxylic acids is 1. The zero-order chi connectivity index (χ0) is 28.2. The Balaban J connectivity index is 1.60. The highest BCUT2D eigenvalue weighted by atomic mass is 79.9. The van der Waals surface area contributed by atoms with Crippen molar-refractivity contribution in [2.45, 2.75) is 18.7 Å². The first-order valence-corrected chi connectivity index (χ1v) is 13.9. The van der Waals surface area contributed by atoms with Crippen LogP contribution in [0.2, 0.25) is 0 Å². The number of hydrazone groups is 1. The Morgan fingerprint density at radius 1 is 1.05 bits per heavy atom. The fraction of sp³-hybridized carbons (Fsp3) is 0.111. The molecule has 0 bridgehead atoms. The second-order valence-corrected chi connectivity index (χ2v) is 11.3. The van der Waals surface area contributed by atoms with Crippen molar-refractivity contribution in [2.24, 2.45) is 5.10 Å². The van der Waals surface area contributed by atoms with E-state index in [9.17, 15) is 23.3 Å². The van der Waals surface area contributed by atoms with Gasteiger partial charge in [-0.3, -0.25) is 14.9 Å². The fourth-order valence-electron chi connectivity index (χ4n) is 4.12. The second kappa shape index (κ2) is 11.6. The monoisotopic (exact) mass is 609 g/mol. The number of halogens is 1. The molecule has 1 N–H and O–H groups in total. The summed E-state index contributed by atoms with van der Waals surface area (Å²) in [5, 5.41) is 15.7. The maximum absolute atomic E-state index is 13.5. The number of carbonyl (C=O) groups is 1. The first kappa shape index (κ1) is 27.7. The zero-order valence-corrected chi connectivity index (χ0v) is 23.4. The molecule has 0 aliphatic heterocycles. The lowest BCUT2D eigenvalue weighted by atomic mass is 10.2. The Kier molecular flexibility index (Phi) is 8.27. The van der Waals surface area contributed by atoms with E-state index < -0.39 is 33.1 Å². The van der Waals surface area contributed by atoms with E-state index in [-0.39, 0.29) is 10.6 Å². The molecule has 0 aliphatic carbocycles. The highest BCUT2D eigenvalue weighted by Gasteiger charge is 2.31. The first-order chi connectivity index (χ1) is 18.6. The number of nitrogens with zero attached hydrogens (tertiary/aromatic N) is 4. The van der Waals surface area contributed by atoms with Crippen molar-refractivity contribution in [3.63, 3.8) is 0 Å². The summed E-state index contributed by atoms with van der Waals surface area (Å²) < 4.78 is 30.6. The molecule has 0 aliphatic rings. The van der Waals surface area contributed by atoms with Gasteiger partial charge in [0.25, 0.3) is 21.6 Å². The van der Waals surface area contributed by atoms with Crippen LogP contribution in [-0.4, -0.2) is 36.6 Å². The minimum atomic E-state index is -4.32. The summed E-state index contributed by atoms with van der Waals surface area (Å²) >= 11 is 3.48. The molecule has 0 atom stereocenters. The number of hydrogen-bond acceptors (Lipinski definition) is 6. The molecular weight excluding hydrogens is 586 g/mol. The van der Waals surface area contributed by atoms with Crippen LogP contribution in [0.1, 0.15) is 17.0 Å². The maximum Gasteiger partial charge on any atom is 0.293 e. The van der Waals surface area contributed by atoms with Gasteiger partial charge in [0.1, 0.15) is 12.2 Å². The molecule has 1 aromatic heterocycles. The van der Waals surface area contributed by atoms with Crippen LogP contribution in [-0.2, 0) is 14.8 Å². The van der Waals surface area contributed by atoms with E-state index in [0.29, 0.717) is 4.31 Å². The van der Waals surface area contributed by atoms with Gasteiger partial charge >= 0.3 is 0 Å². The van der Waals surface area contributed by atoms with Crippen molar-refractivity contribution >= 4 is 49.4 Å². The third-order valence-corrected chi connectivity index (χ3v) is 8.16. The lowest BCUT2D eigenvalue weighted by molar-refractivity contribution is -0.384. The number of aromatic nitrogens is 1. The van der Waals surface area contributed by atoms with Crippen molar-refractivity contribution < 1.29 is 18.1 Å². The smallest absolute Gasteiger partial charge is 0.293 e. The lowest BCUT2D eigenvalue weighted by Gasteiger charge is -2.23. The van der Waals surface area contributed by atoms with Crippen molar-refractivity contribution in [1.82, 2.24) is 9.99 Å². The predicted molar refractivity (Wildman–Crippen MR) is 153 cm³/mol. The molecule has 3 aromatic carbocycles. The van der Waals surface area contributed by atoms with E-state index in [1.807, 2.05) is 48.7 Å². The summed E-state index contributed by atoms with van der Waals surface area (Å²) in [6.45, 7) is 3.14. The van der Waals surface area contributed by atoms with E-state index in [1.165, 1.54) is 54.7 Å². The molecule has 0 spiro atoms. The Morgan fingerprint density at radius 2 is 1.74 bits per heavy atom. The van der Waals surface area contributed by atoms with Gasteiger partial charge in [-0.2, -0.15) is 5.10 Å². The zero-order valence-electron chi connectivity index (χ0n) is 21.0. The van der Waals surface area contributed by atoms with E-state index >= 15 is 0 Å². The van der Waals surface area contributed by atoms with Crippen molar-refractivity contribution in [3.05, 3.63) is 116 Å². The number of hydrogen-bond donors (Lipinski definition) is 1. The van der Waals surface area contributed by atoms with Crippen LogP contribution >= 0.6 is 15.9 Å². The Morgan fingerprint density at radius 3 is 2.44 bits per heavy atom. The molecule has 12 heteroatoms. The average molecular weight is 610 g/mol. The summed E-state index contributed by atoms with van der Waals surface area (Å²) in [4.78, 5) is 23.7. The summed E-state index contributed by atoms with van der Waals surface area (Å²) in [5.74, 6) is -0.773. The molecule has 4 rings (SSSR count). The third-order valence-electron chi connectivity index (χ3n) is 5.90. The third kappa shape index (κ3) is 6.07. The molecule has 4 aromatic rings. The van der Waals surface area contributed by atoms with Crippen LogP contribution in [0.15, 0.2) is 99.4 Å². The van der Waals surface area contributed by atoms with Crippen LogP contribution < -0.4 is 9.73 Å². The number of sulfonamides is 1. The summed E-state index contributed by atoms with van der Waals surface area (Å²) in [7, 11) is -4.32. The number of nitro benzene ring substituents is 1. The predicted octanol–water partition coefficient (Wildman–Crippen LogP) is 5.11. The summed E-state index contributed by atoms with van der Waals surface area (Å²) in [5.41, 5.74) is 5.21. The number of benzene rings is 3. The van der Waals surface area contributed by atoms with Crippen LogP contribution in [0.5, 0.6) is 0 Å². The number of nitro groups is 1. The highest BCUT2D eigenvalue weighted by molar-refractivity contribution is 9.10. The number of aryl methyl sites for hydroxylation is 1. The van der Waals surface area contributed by atoms with Gasteiger partial charge in [-0.15, -0.1) is 0 Å². The molecule has 1 amide bonds. The number of amides is 1. The molecule has 0 saturated carbocycles. The van der Waals surface area contributed by atoms with Crippen molar-refractivity contribution in [1.29, 1.82) is 0 Å². The Hall–Kier alpha value is -4.29. The fourth-order valence-corrected chi connectivity index (χ4v) is 5.96. The Labute approximate surface area is 233 Å². The standard InChI is InChI=1S/C27H24BrN5O5S/c1-19-15-21(20(2)32(19)23-10-8-9-22(28)16-23)17-29-30-27(34)18-31(25-13-6-7-14-26(25)33(35)36)39(37,38)24-11-4-3-5-12-24/h3-17H,18H2,1-2H3,(H,30,34)/b29-17+. The van der Waals surface area contributed by atoms with Gasteiger partial charge in [-0.1, -0.05) is 52.3 Å². The van der Waals surface area contributed by atoms with Crippen LogP contribution in [0.3, 0.4) is 0 Å². The van der Waals surface area contributed by atoms with E-state index in [1.54, 1.807) is 6.07 Å². The van der Waals surface area contributed by atoms with Crippen LogP contribution in [0.25, 0.3) is 5.69 Å². The van der Waals surface area contributed by atoms with Gasteiger partial charge in [0, 0.05) is 33.2 Å². The quantitative estimate of drug-likeness (QED) is 0.160. The SMILES string of the molecule is Cc1cc(/C=N/NC(=O)CN(c2ccccc2[N+](=O)[O-])S(=O)(=O)c2ccccc2)c(C)n1-c1cccc(Br)c1. The Bertz CT molecular complexity index is 1670. The summed E-state index contributed by atoms with van der Waals surface area (Å²) in [6.07, 6.45) is 1.47. The number of anilines is 1. The van der Waals surface area contributed by atoms with Crippen molar-refractivity contribution in [3.8, 4) is 5.69 Å². The van der Waals surface area contributed by atoms with Gasteiger partial charge in [0.2, 0.25) is 0 Å². The average Bonchev–Trinajstić information content (AvgIpc) is 3.20. The van der Waals surface area contributed by atoms with Gasteiger partial charge in [-0.05, 0) is 56.3 Å². The van der Waals surface area contributed by atoms with Gasteiger partial charge in [0.05, 0.1) is 16.0 Å². The molecule has 39 heavy (non-hydrogen) atoms. The van der Waals surface area contributed by atoms with E-state index in [0.717, 1.165) is 27.1 Å². The van der Waals surface area contributed by atoms with Gasteiger partial charge in [0.15, 0.2) is 0 Å². The van der Waals surface area contributed by atoms with E-state index in [4.69, 9.17) is 0 Å². The molecule has 0 unspecified atom stereocenters. The second-order valence-electron chi connectivity index (χ2n) is 8.51. The molecule has 200 valence electrons. The minimum Gasteiger partial charge on any atom is -0.318 e. The molecule has 0 saturated heterocycles. The molecule has 10 nitrogen and oxygen atoms in total. The molecule has 0 radical (unpaired) electrons. The summed E-state index contributed by atoms with van der Waals surface area (Å²) in [6, 6.07) is 22.5. The maximum atomic E-state index is 13.5. The van der Waals surface area contributed by atoms with Gasteiger partial charge in [-0.25, -0.2) is 18.1 Å². The van der Waals surface area contributed by atoms with Crippen LogP contribution in [0.4, 0.5) is 11.4 Å². The normalized spacial score (nSPS) is 11.5. The number of para-hydroxylation sites is 2. The van der Waals surface area contributed by atoms with Crippen molar-refractivity contribution in [2.75, 3.05) is 10.8 Å². The lowest BCUT2D eigenvalue weighted by Crippen LogP contribution is -2.39. The highest BCUT2D eigenvalue weighted by Crippen LogP contribution is 2.32. The topological polar surface area (TPSA) is 127 Å². The molecule has 1 heterocycles.